The molecule has 11 aromatic rings. The summed E-state index contributed by atoms with van der Waals surface area (Å²) in [4.78, 5) is 10.6. The van der Waals surface area contributed by atoms with E-state index in [2.05, 4.69) is 188 Å². The number of hydrogen-bond acceptors (Lipinski definition) is 2. The second-order valence-corrected chi connectivity index (χ2v) is 15.6. The van der Waals surface area contributed by atoms with Crippen molar-refractivity contribution in [1.29, 1.82) is 0 Å². The largest absolute Gasteiger partial charge is 0.245 e. The first-order chi connectivity index (χ1) is 28.3. The summed E-state index contributed by atoms with van der Waals surface area (Å²) in [6.07, 6.45) is 0. The highest BCUT2D eigenvalue weighted by molar-refractivity contribution is 6.26. The number of hydrogen-bond donors (Lipinski definition) is 0. The minimum absolute atomic E-state index is 0.456. The van der Waals surface area contributed by atoms with Gasteiger partial charge < -0.3 is 0 Å². The molecule has 0 N–H and O–H groups in total. The van der Waals surface area contributed by atoms with Crippen LogP contribution in [0.2, 0.25) is 0 Å². The van der Waals surface area contributed by atoms with E-state index in [0.717, 1.165) is 44.3 Å². The lowest BCUT2D eigenvalue weighted by atomic mass is 9.70. The number of rotatable bonds is 2. The summed E-state index contributed by atoms with van der Waals surface area (Å²) in [5, 5.41) is 9.90. The molecule has 2 heteroatoms. The van der Waals surface area contributed by atoms with Crippen molar-refractivity contribution in [2.24, 2.45) is 0 Å². The summed E-state index contributed by atoms with van der Waals surface area (Å²) in [5.74, 6) is 0. The van der Waals surface area contributed by atoms with Crippen LogP contribution in [0.1, 0.15) is 22.3 Å². The second kappa shape index (κ2) is 11.3. The van der Waals surface area contributed by atoms with E-state index in [1.54, 1.807) is 0 Å². The third kappa shape index (κ3) is 4.09. The minimum atomic E-state index is -0.456. The van der Waals surface area contributed by atoms with Crippen LogP contribution in [-0.2, 0) is 5.41 Å². The summed E-state index contributed by atoms with van der Waals surface area (Å²) >= 11 is 0. The smallest absolute Gasteiger partial charge is 0.0972 e. The van der Waals surface area contributed by atoms with Gasteiger partial charge >= 0.3 is 0 Å². The molecular formula is C55H32N2. The maximum absolute atomic E-state index is 5.41. The fraction of sp³-hybridized carbons (Fsp3) is 0.0182. The van der Waals surface area contributed by atoms with Crippen molar-refractivity contribution < 1.29 is 0 Å². The van der Waals surface area contributed by atoms with Crippen molar-refractivity contribution in [2.45, 2.75) is 5.41 Å². The Labute approximate surface area is 329 Å². The van der Waals surface area contributed by atoms with Crippen molar-refractivity contribution in [3.63, 3.8) is 0 Å². The molecule has 9 aromatic carbocycles. The molecule has 2 nitrogen and oxygen atoms in total. The van der Waals surface area contributed by atoms with Crippen LogP contribution in [0.4, 0.5) is 0 Å². The zero-order chi connectivity index (χ0) is 37.2. The monoisotopic (exact) mass is 720 g/mol. The van der Waals surface area contributed by atoms with E-state index >= 15 is 0 Å². The molecule has 0 aliphatic heterocycles. The molecule has 57 heavy (non-hydrogen) atoms. The summed E-state index contributed by atoms with van der Waals surface area (Å²) in [6.45, 7) is 0. The quantitative estimate of drug-likeness (QED) is 0.166. The summed E-state index contributed by atoms with van der Waals surface area (Å²) in [7, 11) is 0. The summed E-state index contributed by atoms with van der Waals surface area (Å²) in [6, 6.07) is 71.4. The SMILES string of the molecule is c1ccc(-c2ccc3ccc4ccc(-c5ccc6c(c5)-c5cc7c8ccccc8c8ccccc8c7cc5C65c6ccccc6-c6ccccc65)nc4c3n2)cc1. The zero-order valence-electron chi connectivity index (χ0n) is 30.9. The summed E-state index contributed by atoms with van der Waals surface area (Å²) in [5.41, 5.74) is 16.0. The van der Waals surface area contributed by atoms with Crippen LogP contribution in [-0.4, -0.2) is 9.97 Å². The highest BCUT2D eigenvalue weighted by atomic mass is 14.8. The van der Waals surface area contributed by atoms with E-state index < -0.39 is 5.41 Å². The topological polar surface area (TPSA) is 25.8 Å². The molecule has 2 heterocycles. The van der Waals surface area contributed by atoms with Crippen molar-refractivity contribution in [1.82, 2.24) is 9.97 Å². The van der Waals surface area contributed by atoms with E-state index in [1.807, 2.05) is 6.07 Å². The van der Waals surface area contributed by atoms with Gasteiger partial charge in [-0.05, 0) is 107 Å². The fourth-order valence-corrected chi connectivity index (χ4v) is 10.4. The first-order valence-electron chi connectivity index (χ1n) is 19.7. The van der Waals surface area contributed by atoms with E-state index in [4.69, 9.17) is 9.97 Å². The van der Waals surface area contributed by atoms with Crippen LogP contribution in [0.5, 0.6) is 0 Å². The van der Waals surface area contributed by atoms with Crippen molar-refractivity contribution in [3.05, 3.63) is 216 Å². The van der Waals surface area contributed by atoms with Gasteiger partial charge in [0.05, 0.1) is 27.8 Å². The lowest BCUT2D eigenvalue weighted by molar-refractivity contribution is 0.795. The maximum atomic E-state index is 5.41. The number of aromatic nitrogens is 2. The highest BCUT2D eigenvalue weighted by Gasteiger charge is 2.51. The van der Waals surface area contributed by atoms with E-state index in [1.165, 1.54) is 76.8 Å². The van der Waals surface area contributed by atoms with Gasteiger partial charge in [0.2, 0.25) is 0 Å². The van der Waals surface area contributed by atoms with Crippen LogP contribution < -0.4 is 0 Å². The zero-order valence-corrected chi connectivity index (χ0v) is 30.9. The second-order valence-electron chi connectivity index (χ2n) is 15.6. The molecule has 0 fully saturated rings. The maximum Gasteiger partial charge on any atom is 0.0972 e. The molecule has 2 aromatic heterocycles. The molecule has 0 unspecified atom stereocenters. The fourth-order valence-electron chi connectivity index (χ4n) is 10.4. The van der Waals surface area contributed by atoms with E-state index in [9.17, 15) is 0 Å². The number of benzene rings is 9. The van der Waals surface area contributed by atoms with Crippen molar-refractivity contribution in [2.75, 3.05) is 0 Å². The predicted octanol–water partition coefficient (Wildman–Crippen LogP) is 13.9. The van der Waals surface area contributed by atoms with E-state index in [-0.39, 0.29) is 0 Å². The lowest BCUT2D eigenvalue weighted by Gasteiger charge is -2.30. The first-order valence-corrected chi connectivity index (χ1v) is 19.7. The minimum Gasteiger partial charge on any atom is -0.245 e. The van der Waals surface area contributed by atoms with Crippen LogP contribution in [0.3, 0.4) is 0 Å². The van der Waals surface area contributed by atoms with Gasteiger partial charge in [0.15, 0.2) is 0 Å². The Hall–Kier alpha value is -7.42. The van der Waals surface area contributed by atoms with Crippen molar-refractivity contribution >= 4 is 54.1 Å². The number of nitrogens with zero attached hydrogens (tertiary/aromatic N) is 2. The third-order valence-electron chi connectivity index (χ3n) is 12.8. The van der Waals surface area contributed by atoms with Crippen LogP contribution in [0.25, 0.3) is 98.9 Å². The molecule has 0 amide bonds. The standard InChI is InChI=1S/C55H32N2/c1-2-12-33(13-3-1)51-28-25-34-22-23-35-26-29-52(57-54(35)53(34)56-51)36-24-27-49-45(30-36)46-31-43-39-16-6-4-14-37(39)38-15-5-7-17-40(38)44(43)32-50(46)55(49)47-20-10-8-18-41(47)42-19-9-11-21-48(42)55/h1-32H. The van der Waals surface area contributed by atoms with Gasteiger partial charge in [0.25, 0.3) is 0 Å². The molecule has 0 saturated heterocycles. The molecule has 262 valence electrons. The molecule has 0 radical (unpaired) electrons. The van der Waals surface area contributed by atoms with Crippen molar-refractivity contribution in [3.8, 4) is 44.8 Å². The molecule has 2 aliphatic carbocycles. The molecule has 0 atom stereocenters. The molecule has 0 bridgehead atoms. The summed E-state index contributed by atoms with van der Waals surface area (Å²) < 4.78 is 0. The lowest BCUT2D eigenvalue weighted by Crippen LogP contribution is -2.25. The Bertz CT molecular complexity index is 3480. The third-order valence-corrected chi connectivity index (χ3v) is 12.8. The van der Waals surface area contributed by atoms with Gasteiger partial charge in [-0.3, -0.25) is 0 Å². The highest BCUT2D eigenvalue weighted by Crippen LogP contribution is 2.63. The van der Waals surface area contributed by atoms with Crippen LogP contribution >= 0.6 is 0 Å². The van der Waals surface area contributed by atoms with E-state index in [0.29, 0.717) is 0 Å². The Morgan fingerprint density at radius 1 is 0.281 bits per heavy atom. The van der Waals surface area contributed by atoms with Gasteiger partial charge in [-0.15, -0.1) is 0 Å². The molecule has 13 rings (SSSR count). The van der Waals surface area contributed by atoms with Gasteiger partial charge in [0.1, 0.15) is 0 Å². The average molecular weight is 721 g/mol. The Kier molecular flexibility index (Phi) is 6.13. The Morgan fingerprint density at radius 2 is 0.737 bits per heavy atom. The first kappa shape index (κ1) is 30.9. The van der Waals surface area contributed by atoms with Gasteiger partial charge in [-0.2, -0.15) is 0 Å². The average Bonchev–Trinajstić information content (AvgIpc) is 3.75. The number of pyridine rings is 2. The van der Waals surface area contributed by atoms with Gasteiger partial charge in [-0.1, -0.05) is 164 Å². The molecular weight excluding hydrogens is 689 g/mol. The molecule has 1 spiro atoms. The Balaban J connectivity index is 1.10. The van der Waals surface area contributed by atoms with Gasteiger partial charge in [0, 0.05) is 21.9 Å². The normalized spacial score (nSPS) is 13.4. The number of fused-ring (bicyclic) bond motifs is 19. The predicted molar refractivity (Wildman–Crippen MR) is 237 cm³/mol. The molecule has 0 saturated carbocycles. The van der Waals surface area contributed by atoms with Crippen LogP contribution in [0.15, 0.2) is 194 Å². The Morgan fingerprint density at radius 3 is 1.35 bits per heavy atom. The molecule has 2 aliphatic rings. The van der Waals surface area contributed by atoms with Gasteiger partial charge in [-0.25, -0.2) is 9.97 Å². The van der Waals surface area contributed by atoms with Crippen LogP contribution in [0, 0.1) is 0 Å².